The van der Waals surface area contributed by atoms with Crippen LogP contribution >= 0.6 is 11.3 Å². The molecule has 1 unspecified atom stereocenters. The quantitative estimate of drug-likeness (QED) is 0.759. The first kappa shape index (κ1) is 18.8. The van der Waals surface area contributed by atoms with Gasteiger partial charge < -0.3 is 15.3 Å². The normalized spacial score (nSPS) is 20.5. The van der Waals surface area contributed by atoms with E-state index in [9.17, 15) is 19.5 Å². The summed E-state index contributed by atoms with van der Waals surface area (Å²) in [7, 11) is 0. The lowest BCUT2D eigenvalue weighted by Gasteiger charge is -2.20. The summed E-state index contributed by atoms with van der Waals surface area (Å²) in [6, 6.07) is -0.726. The van der Waals surface area contributed by atoms with Gasteiger partial charge in [0.25, 0.3) is 0 Å². The number of anilines is 1. The number of nitrogens with one attached hydrogen (secondary N) is 1. The molecular formula is C18H25N3O4S. The Morgan fingerprint density at radius 3 is 2.73 bits per heavy atom. The average Bonchev–Trinajstić information content (AvgIpc) is 3.34. The molecule has 2 amide bonds. The fourth-order valence-corrected chi connectivity index (χ4v) is 4.57. The van der Waals surface area contributed by atoms with Crippen LogP contribution in [-0.2, 0) is 20.8 Å². The number of nitrogens with zero attached hydrogens (tertiary/aromatic N) is 2. The SMILES string of the molecule is O=C(CCC1CCCC1)Nc1nc(CC(=O)N2CCCC2C(=O)O)cs1. The minimum atomic E-state index is -0.954. The number of aliphatic carboxylic acids is 1. The average molecular weight is 379 g/mol. The van der Waals surface area contributed by atoms with Gasteiger partial charge in [0.15, 0.2) is 5.13 Å². The van der Waals surface area contributed by atoms with Crippen molar-refractivity contribution in [2.75, 3.05) is 11.9 Å². The van der Waals surface area contributed by atoms with Gasteiger partial charge in [-0.05, 0) is 25.2 Å². The summed E-state index contributed by atoms with van der Waals surface area (Å²) >= 11 is 1.30. The van der Waals surface area contributed by atoms with Crippen LogP contribution in [0, 0.1) is 5.92 Å². The molecule has 7 nitrogen and oxygen atoms in total. The van der Waals surface area contributed by atoms with Gasteiger partial charge in [0.1, 0.15) is 6.04 Å². The number of thiazole rings is 1. The number of carbonyl (C=O) groups excluding carboxylic acids is 2. The van der Waals surface area contributed by atoms with E-state index in [1.54, 1.807) is 5.38 Å². The lowest BCUT2D eigenvalue weighted by atomic mass is 10.0. The molecular weight excluding hydrogens is 354 g/mol. The smallest absolute Gasteiger partial charge is 0.326 e. The second-order valence-electron chi connectivity index (χ2n) is 7.14. The van der Waals surface area contributed by atoms with Crippen LogP contribution in [0.15, 0.2) is 5.38 Å². The number of likely N-dealkylation sites (tertiary alicyclic amines) is 1. The standard InChI is InChI=1S/C18H25N3O4S/c22-15(8-7-12-4-1-2-5-12)20-18-19-13(11-26-18)10-16(23)21-9-3-6-14(21)17(24)25/h11-12,14H,1-10H2,(H,24,25)(H,19,20,22). The van der Waals surface area contributed by atoms with Gasteiger partial charge >= 0.3 is 5.97 Å². The molecule has 1 aliphatic heterocycles. The topological polar surface area (TPSA) is 99.6 Å². The number of amides is 2. The number of aromatic nitrogens is 1. The summed E-state index contributed by atoms with van der Waals surface area (Å²) in [5, 5.41) is 14.2. The summed E-state index contributed by atoms with van der Waals surface area (Å²) in [6.45, 7) is 0.477. The van der Waals surface area contributed by atoms with E-state index in [4.69, 9.17) is 0 Å². The molecule has 2 fully saturated rings. The maximum absolute atomic E-state index is 12.4. The molecule has 1 aromatic heterocycles. The van der Waals surface area contributed by atoms with Crippen molar-refractivity contribution >= 4 is 34.3 Å². The van der Waals surface area contributed by atoms with Crippen molar-refractivity contribution in [2.24, 2.45) is 5.92 Å². The van der Waals surface area contributed by atoms with E-state index in [0.717, 1.165) is 6.42 Å². The highest BCUT2D eigenvalue weighted by molar-refractivity contribution is 7.13. The molecule has 1 saturated carbocycles. The van der Waals surface area contributed by atoms with Gasteiger partial charge in [-0.15, -0.1) is 11.3 Å². The van der Waals surface area contributed by atoms with Gasteiger partial charge in [0.05, 0.1) is 12.1 Å². The van der Waals surface area contributed by atoms with E-state index in [-0.39, 0.29) is 18.2 Å². The second kappa shape index (κ2) is 8.62. The van der Waals surface area contributed by atoms with Crippen LogP contribution in [0.1, 0.15) is 57.1 Å². The third-order valence-corrected chi connectivity index (χ3v) is 6.05. The molecule has 142 valence electrons. The van der Waals surface area contributed by atoms with Crippen molar-refractivity contribution in [1.82, 2.24) is 9.88 Å². The number of carboxylic acid groups (broad SMARTS) is 1. The second-order valence-corrected chi connectivity index (χ2v) is 8.00. The Kier molecular flexibility index (Phi) is 6.24. The van der Waals surface area contributed by atoms with E-state index >= 15 is 0 Å². The van der Waals surface area contributed by atoms with Gasteiger partial charge in [0, 0.05) is 18.3 Å². The van der Waals surface area contributed by atoms with E-state index in [0.29, 0.717) is 42.6 Å². The van der Waals surface area contributed by atoms with E-state index in [1.165, 1.54) is 41.9 Å². The van der Waals surface area contributed by atoms with Gasteiger partial charge in [-0.2, -0.15) is 0 Å². The fraction of sp³-hybridized carbons (Fsp3) is 0.667. The maximum Gasteiger partial charge on any atom is 0.326 e. The molecule has 2 aliphatic rings. The van der Waals surface area contributed by atoms with E-state index in [2.05, 4.69) is 10.3 Å². The lowest BCUT2D eigenvalue weighted by Crippen LogP contribution is -2.41. The molecule has 2 N–H and O–H groups in total. The minimum Gasteiger partial charge on any atom is -0.480 e. The summed E-state index contributed by atoms with van der Waals surface area (Å²) in [4.78, 5) is 41.3. The molecule has 1 aliphatic carbocycles. The lowest BCUT2D eigenvalue weighted by molar-refractivity contribution is -0.148. The molecule has 3 rings (SSSR count). The third-order valence-electron chi connectivity index (χ3n) is 5.24. The molecule has 0 radical (unpaired) electrons. The van der Waals surface area contributed by atoms with Crippen LogP contribution in [0.4, 0.5) is 5.13 Å². The maximum atomic E-state index is 12.4. The van der Waals surface area contributed by atoms with Crippen LogP contribution in [0.2, 0.25) is 0 Å². The Balaban J connectivity index is 1.47. The zero-order valence-corrected chi connectivity index (χ0v) is 15.6. The predicted molar refractivity (Wildman–Crippen MR) is 98.0 cm³/mol. The van der Waals surface area contributed by atoms with Gasteiger partial charge in [-0.3, -0.25) is 9.59 Å². The van der Waals surface area contributed by atoms with Crippen LogP contribution < -0.4 is 5.32 Å². The van der Waals surface area contributed by atoms with Gasteiger partial charge in [0.2, 0.25) is 11.8 Å². The number of hydrogen-bond acceptors (Lipinski definition) is 5. The largest absolute Gasteiger partial charge is 0.480 e. The van der Waals surface area contributed by atoms with E-state index < -0.39 is 12.0 Å². The number of hydrogen-bond donors (Lipinski definition) is 2. The van der Waals surface area contributed by atoms with Crippen molar-refractivity contribution in [2.45, 2.75) is 63.8 Å². The Hall–Kier alpha value is -1.96. The van der Waals surface area contributed by atoms with Crippen LogP contribution in [-0.4, -0.2) is 45.4 Å². The van der Waals surface area contributed by atoms with E-state index in [1.807, 2.05) is 0 Å². The Bertz CT molecular complexity index is 669. The molecule has 26 heavy (non-hydrogen) atoms. The van der Waals surface area contributed by atoms with Crippen molar-refractivity contribution < 1.29 is 19.5 Å². The summed E-state index contributed by atoms with van der Waals surface area (Å²) in [5.41, 5.74) is 0.571. The third kappa shape index (κ3) is 4.81. The highest BCUT2D eigenvalue weighted by atomic mass is 32.1. The molecule has 0 spiro atoms. The summed E-state index contributed by atoms with van der Waals surface area (Å²) in [6.07, 6.45) is 7.71. The van der Waals surface area contributed by atoms with Crippen LogP contribution in [0.3, 0.4) is 0 Å². The fourth-order valence-electron chi connectivity index (χ4n) is 3.84. The number of carboxylic acids is 1. The first-order valence-electron chi connectivity index (χ1n) is 9.29. The zero-order valence-electron chi connectivity index (χ0n) is 14.8. The van der Waals surface area contributed by atoms with Gasteiger partial charge in [-0.25, -0.2) is 9.78 Å². The first-order chi connectivity index (χ1) is 12.5. The van der Waals surface area contributed by atoms with Crippen molar-refractivity contribution in [3.8, 4) is 0 Å². The highest BCUT2D eigenvalue weighted by Gasteiger charge is 2.33. The Morgan fingerprint density at radius 2 is 2.00 bits per heavy atom. The van der Waals surface area contributed by atoms with Crippen molar-refractivity contribution in [3.05, 3.63) is 11.1 Å². The summed E-state index contributed by atoms with van der Waals surface area (Å²) < 4.78 is 0. The summed E-state index contributed by atoms with van der Waals surface area (Å²) in [5.74, 6) is -0.536. The molecule has 1 saturated heterocycles. The molecule has 2 heterocycles. The van der Waals surface area contributed by atoms with Crippen LogP contribution in [0.25, 0.3) is 0 Å². The van der Waals surface area contributed by atoms with Gasteiger partial charge in [-0.1, -0.05) is 25.7 Å². The molecule has 1 aromatic rings. The molecule has 0 aromatic carbocycles. The first-order valence-corrected chi connectivity index (χ1v) is 10.2. The molecule has 1 atom stereocenters. The minimum absolute atomic E-state index is 0.0328. The monoisotopic (exact) mass is 379 g/mol. The van der Waals surface area contributed by atoms with Crippen LogP contribution in [0.5, 0.6) is 0 Å². The van der Waals surface area contributed by atoms with Crippen molar-refractivity contribution in [1.29, 1.82) is 0 Å². The Labute approximate surface area is 156 Å². The van der Waals surface area contributed by atoms with Crippen molar-refractivity contribution in [3.63, 3.8) is 0 Å². The molecule has 0 bridgehead atoms. The highest BCUT2D eigenvalue weighted by Crippen LogP contribution is 2.28. The number of rotatable bonds is 7. The molecule has 8 heteroatoms. The predicted octanol–water partition coefficient (Wildman–Crippen LogP) is 2.67. The zero-order chi connectivity index (χ0) is 18.5. The number of carbonyl (C=O) groups is 3. The Morgan fingerprint density at radius 1 is 1.23 bits per heavy atom.